The smallest absolute Gasteiger partial charge is 0.241 e. The molecule has 0 amide bonds. The van der Waals surface area contributed by atoms with E-state index in [-0.39, 0.29) is 24.0 Å². The van der Waals surface area contributed by atoms with Crippen molar-refractivity contribution in [2.45, 2.75) is 63.6 Å². The van der Waals surface area contributed by atoms with Crippen molar-refractivity contribution >= 4 is 40.0 Å². The Balaban J connectivity index is 0.00000420. The summed E-state index contributed by atoms with van der Waals surface area (Å²) in [6, 6.07) is 7.58. The maximum Gasteiger partial charge on any atom is 0.241 e. The zero-order valence-electron chi connectivity index (χ0n) is 18.2. The molecular formula is C20H36IN5O2S. The molecule has 0 bridgehead atoms. The van der Waals surface area contributed by atoms with Crippen LogP contribution in [-0.2, 0) is 16.6 Å². The topological polar surface area (TPSA) is 85.8 Å². The molecule has 1 saturated heterocycles. The van der Waals surface area contributed by atoms with Crippen LogP contribution in [0.1, 0.15) is 46.1 Å². The number of halogens is 1. The van der Waals surface area contributed by atoms with Crippen LogP contribution < -0.4 is 15.4 Å². The molecule has 1 aromatic rings. The fourth-order valence-corrected chi connectivity index (χ4v) is 5.19. The van der Waals surface area contributed by atoms with Crippen molar-refractivity contribution < 1.29 is 8.42 Å². The van der Waals surface area contributed by atoms with Crippen LogP contribution in [0, 0.1) is 0 Å². The van der Waals surface area contributed by atoms with Crippen LogP contribution in [-0.4, -0.2) is 57.5 Å². The largest absolute Gasteiger partial charge is 0.355 e. The third kappa shape index (κ3) is 8.03. The zero-order valence-corrected chi connectivity index (χ0v) is 21.3. The van der Waals surface area contributed by atoms with Gasteiger partial charge in [0.2, 0.25) is 10.0 Å². The first kappa shape index (κ1) is 26.1. The van der Waals surface area contributed by atoms with E-state index in [2.05, 4.69) is 32.2 Å². The molecule has 29 heavy (non-hydrogen) atoms. The molecule has 7 nitrogen and oxygen atoms in total. The summed E-state index contributed by atoms with van der Waals surface area (Å²) in [7, 11) is -1.87. The first-order chi connectivity index (χ1) is 13.2. The minimum Gasteiger partial charge on any atom is -0.355 e. The number of aliphatic imine (C=N–C) groups is 1. The second-order valence-electron chi connectivity index (χ2n) is 8.19. The lowest BCUT2D eigenvalue weighted by molar-refractivity contribution is 0.267. The standard InChI is InChI=1S/C20H35N5O2S.HI/c1-6-25-13-9-11-17(25)15-23-19(21-5)22-14-16-10-7-8-12-18(16)28(26,27)24-20(2,3)4;/h7-8,10,12,17,24H,6,9,11,13-15H2,1-5H3,(H2,21,22,23);1H. The summed E-state index contributed by atoms with van der Waals surface area (Å²) < 4.78 is 28.2. The molecule has 1 aromatic carbocycles. The van der Waals surface area contributed by atoms with Crippen LogP contribution in [0.5, 0.6) is 0 Å². The molecule has 0 radical (unpaired) electrons. The van der Waals surface area contributed by atoms with Crippen LogP contribution in [0.4, 0.5) is 0 Å². The van der Waals surface area contributed by atoms with E-state index in [0.29, 0.717) is 29.0 Å². The van der Waals surface area contributed by atoms with Crippen LogP contribution in [0.2, 0.25) is 0 Å². The van der Waals surface area contributed by atoms with Crippen molar-refractivity contribution in [2.24, 2.45) is 4.99 Å². The minimum atomic E-state index is -3.60. The van der Waals surface area contributed by atoms with Gasteiger partial charge in [0.25, 0.3) is 0 Å². The Morgan fingerprint density at radius 1 is 1.24 bits per heavy atom. The summed E-state index contributed by atoms with van der Waals surface area (Å²) in [5, 5.41) is 6.62. The first-order valence-electron chi connectivity index (χ1n) is 9.96. The number of hydrogen-bond acceptors (Lipinski definition) is 4. The second kappa shape index (κ2) is 11.5. The highest BCUT2D eigenvalue weighted by Crippen LogP contribution is 2.18. The van der Waals surface area contributed by atoms with E-state index in [1.165, 1.54) is 12.8 Å². The van der Waals surface area contributed by atoms with Crippen molar-refractivity contribution in [3.63, 3.8) is 0 Å². The molecule has 1 aliphatic heterocycles. The van der Waals surface area contributed by atoms with E-state index in [4.69, 9.17) is 0 Å². The van der Waals surface area contributed by atoms with E-state index in [0.717, 1.165) is 19.6 Å². The van der Waals surface area contributed by atoms with Crippen molar-refractivity contribution in [2.75, 3.05) is 26.7 Å². The molecule has 2 rings (SSSR count). The predicted octanol–water partition coefficient (Wildman–Crippen LogP) is 2.53. The number of nitrogens with one attached hydrogen (secondary N) is 3. The average molecular weight is 538 g/mol. The Bertz CT molecular complexity index is 777. The van der Waals surface area contributed by atoms with Gasteiger partial charge in [-0.2, -0.15) is 0 Å². The number of guanidine groups is 1. The van der Waals surface area contributed by atoms with Crippen molar-refractivity contribution in [3.05, 3.63) is 29.8 Å². The number of likely N-dealkylation sites (tertiary alicyclic amines) is 1. The van der Waals surface area contributed by atoms with Gasteiger partial charge in [0.15, 0.2) is 5.96 Å². The fraction of sp³-hybridized carbons (Fsp3) is 0.650. The Morgan fingerprint density at radius 2 is 1.93 bits per heavy atom. The number of benzene rings is 1. The number of rotatable bonds is 7. The molecule has 0 saturated carbocycles. The molecule has 0 aromatic heterocycles. The third-order valence-electron chi connectivity index (χ3n) is 4.78. The van der Waals surface area contributed by atoms with Gasteiger partial charge in [0.1, 0.15) is 0 Å². The van der Waals surface area contributed by atoms with E-state index in [1.807, 2.05) is 32.9 Å². The van der Waals surface area contributed by atoms with Gasteiger partial charge < -0.3 is 10.6 Å². The maximum atomic E-state index is 12.8. The molecule has 3 N–H and O–H groups in total. The number of likely N-dealkylation sites (N-methyl/N-ethyl adjacent to an activating group) is 1. The van der Waals surface area contributed by atoms with Crippen molar-refractivity contribution in [3.8, 4) is 0 Å². The molecule has 1 heterocycles. The molecule has 1 unspecified atom stereocenters. The fourth-order valence-electron chi connectivity index (χ4n) is 3.53. The van der Waals surface area contributed by atoms with Gasteiger partial charge >= 0.3 is 0 Å². The number of sulfonamides is 1. The second-order valence-corrected chi connectivity index (χ2v) is 9.85. The zero-order chi connectivity index (χ0) is 20.8. The Hall–Kier alpha value is -0.910. The van der Waals surface area contributed by atoms with E-state index >= 15 is 0 Å². The molecule has 1 aliphatic rings. The number of hydrogen-bond donors (Lipinski definition) is 3. The summed E-state index contributed by atoms with van der Waals surface area (Å²) in [5.41, 5.74) is 0.168. The van der Waals surface area contributed by atoms with Gasteiger partial charge in [-0.05, 0) is 58.3 Å². The third-order valence-corrected chi connectivity index (χ3v) is 6.64. The molecular weight excluding hydrogens is 501 g/mol. The summed E-state index contributed by atoms with van der Waals surface area (Å²) in [6.07, 6.45) is 2.43. The molecule has 1 atom stereocenters. The van der Waals surface area contributed by atoms with E-state index in [9.17, 15) is 8.42 Å². The Labute approximate surface area is 193 Å². The lowest BCUT2D eigenvalue weighted by Crippen LogP contribution is -2.45. The summed E-state index contributed by atoms with van der Waals surface area (Å²) in [5.74, 6) is 0.680. The highest BCUT2D eigenvalue weighted by molar-refractivity contribution is 14.0. The lowest BCUT2D eigenvalue weighted by atomic mass is 10.1. The molecule has 0 spiro atoms. The summed E-state index contributed by atoms with van der Waals surface area (Å²) >= 11 is 0. The van der Waals surface area contributed by atoms with Crippen molar-refractivity contribution in [1.29, 1.82) is 0 Å². The quantitative estimate of drug-likeness (QED) is 0.283. The van der Waals surface area contributed by atoms with E-state index < -0.39 is 15.6 Å². The average Bonchev–Trinajstić information content (AvgIpc) is 3.07. The van der Waals surface area contributed by atoms with Gasteiger partial charge in [-0.25, -0.2) is 13.1 Å². The van der Waals surface area contributed by atoms with Crippen LogP contribution in [0.15, 0.2) is 34.2 Å². The predicted molar refractivity (Wildman–Crippen MR) is 130 cm³/mol. The summed E-state index contributed by atoms with van der Waals surface area (Å²) in [4.78, 5) is 7.04. The normalized spacial score (nSPS) is 18.4. The summed E-state index contributed by atoms with van der Waals surface area (Å²) in [6.45, 7) is 11.1. The highest BCUT2D eigenvalue weighted by atomic mass is 127. The Kier molecular flexibility index (Phi) is 10.3. The van der Waals surface area contributed by atoms with Gasteiger partial charge in [0.05, 0.1) is 4.90 Å². The van der Waals surface area contributed by atoms with Gasteiger partial charge in [-0.1, -0.05) is 25.1 Å². The van der Waals surface area contributed by atoms with Crippen LogP contribution in [0.3, 0.4) is 0 Å². The molecule has 9 heteroatoms. The van der Waals surface area contributed by atoms with Gasteiger partial charge in [-0.15, -0.1) is 24.0 Å². The highest BCUT2D eigenvalue weighted by Gasteiger charge is 2.25. The molecule has 0 aliphatic carbocycles. The monoisotopic (exact) mass is 537 g/mol. The van der Waals surface area contributed by atoms with Crippen LogP contribution in [0.25, 0.3) is 0 Å². The van der Waals surface area contributed by atoms with Crippen LogP contribution >= 0.6 is 24.0 Å². The van der Waals surface area contributed by atoms with E-state index in [1.54, 1.807) is 19.2 Å². The van der Waals surface area contributed by atoms with Crippen molar-refractivity contribution in [1.82, 2.24) is 20.3 Å². The number of nitrogens with zero attached hydrogens (tertiary/aromatic N) is 2. The molecule has 1 fully saturated rings. The van der Waals surface area contributed by atoms with Gasteiger partial charge in [-0.3, -0.25) is 9.89 Å². The maximum absolute atomic E-state index is 12.8. The minimum absolute atomic E-state index is 0. The van der Waals surface area contributed by atoms with Gasteiger partial charge in [0, 0.05) is 31.7 Å². The SMILES string of the molecule is CCN1CCCC1CNC(=NC)NCc1ccccc1S(=O)(=O)NC(C)(C)C.I. The first-order valence-corrected chi connectivity index (χ1v) is 11.4. The Morgan fingerprint density at radius 3 is 2.55 bits per heavy atom. The lowest BCUT2D eigenvalue weighted by Gasteiger charge is -2.24. The molecule has 166 valence electrons.